The molecule has 0 aliphatic carbocycles. The van der Waals surface area contributed by atoms with E-state index in [4.69, 9.17) is 0 Å². The van der Waals surface area contributed by atoms with Crippen LogP contribution in [-0.2, 0) is 5.41 Å². The van der Waals surface area contributed by atoms with Gasteiger partial charge in [-0.15, -0.1) is 0 Å². The van der Waals surface area contributed by atoms with Gasteiger partial charge in [0.2, 0.25) is 0 Å². The van der Waals surface area contributed by atoms with Crippen molar-refractivity contribution in [2.75, 3.05) is 25.0 Å². The van der Waals surface area contributed by atoms with Crippen LogP contribution in [0.15, 0.2) is 10.7 Å². The zero-order chi connectivity index (χ0) is 14.8. The number of hydrogen-bond acceptors (Lipinski definition) is 4. The molecule has 2 heterocycles. The maximum Gasteiger partial charge on any atom is 0.137 e. The molecule has 1 saturated heterocycles. The number of nitrogens with zero attached hydrogens (tertiary/aromatic N) is 3. The predicted molar refractivity (Wildman–Crippen MR) is 87.2 cm³/mol. The van der Waals surface area contributed by atoms with Gasteiger partial charge in [0, 0.05) is 24.1 Å². The van der Waals surface area contributed by atoms with Crippen LogP contribution >= 0.6 is 15.9 Å². The second kappa shape index (κ2) is 6.39. The lowest BCUT2D eigenvalue weighted by Gasteiger charge is -2.24. The van der Waals surface area contributed by atoms with Crippen LogP contribution in [0.2, 0.25) is 0 Å². The Morgan fingerprint density at radius 1 is 1.30 bits per heavy atom. The van der Waals surface area contributed by atoms with Crippen molar-refractivity contribution < 1.29 is 0 Å². The second-order valence-corrected chi connectivity index (χ2v) is 7.43. The number of rotatable bonds is 4. The Bertz CT molecular complexity index is 450. The van der Waals surface area contributed by atoms with Crippen LogP contribution in [0, 0.1) is 0 Å². The van der Waals surface area contributed by atoms with E-state index < -0.39 is 0 Å². The normalized spacial score (nSPS) is 18.2. The van der Waals surface area contributed by atoms with Gasteiger partial charge in [0.1, 0.15) is 16.2 Å². The van der Waals surface area contributed by atoms with Gasteiger partial charge in [-0.25, -0.2) is 9.97 Å². The number of aromatic nitrogens is 2. The van der Waals surface area contributed by atoms with E-state index in [0.717, 1.165) is 22.8 Å². The van der Waals surface area contributed by atoms with E-state index in [1.54, 1.807) is 0 Å². The van der Waals surface area contributed by atoms with Gasteiger partial charge in [-0.1, -0.05) is 20.8 Å². The molecule has 20 heavy (non-hydrogen) atoms. The third-order valence-corrected chi connectivity index (χ3v) is 4.11. The molecule has 1 fully saturated rings. The van der Waals surface area contributed by atoms with Gasteiger partial charge in [-0.2, -0.15) is 0 Å². The van der Waals surface area contributed by atoms with Gasteiger partial charge in [-0.3, -0.25) is 4.90 Å². The van der Waals surface area contributed by atoms with Crippen LogP contribution < -0.4 is 5.32 Å². The Balaban J connectivity index is 2.00. The smallest absolute Gasteiger partial charge is 0.137 e. The molecule has 112 valence electrons. The van der Waals surface area contributed by atoms with Crippen molar-refractivity contribution in [2.45, 2.75) is 52.0 Å². The molecule has 1 aliphatic heterocycles. The summed E-state index contributed by atoms with van der Waals surface area (Å²) in [5.74, 6) is 1.77. The van der Waals surface area contributed by atoms with E-state index in [1.165, 1.54) is 25.9 Å². The van der Waals surface area contributed by atoms with Gasteiger partial charge < -0.3 is 5.32 Å². The van der Waals surface area contributed by atoms with Crippen LogP contribution in [0.3, 0.4) is 0 Å². The maximum atomic E-state index is 4.63. The first-order valence-electron chi connectivity index (χ1n) is 7.39. The lowest BCUT2D eigenvalue weighted by molar-refractivity contribution is 0.269. The second-order valence-electron chi connectivity index (χ2n) is 6.62. The first kappa shape index (κ1) is 15.7. The van der Waals surface area contributed by atoms with Crippen LogP contribution in [0.4, 0.5) is 5.82 Å². The number of halogens is 1. The Morgan fingerprint density at radius 2 is 1.95 bits per heavy atom. The van der Waals surface area contributed by atoms with Crippen LogP contribution in [0.5, 0.6) is 0 Å². The van der Waals surface area contributed by atoms with Crippen LogP contribution in [0.1, 0.15) is 46.4 Å². The van der Waals surface area contributed by atoms with E-state index in [9.17, 15) is 0 Å². The van der Waals surface area contributed by atoms with Gasteiger partial charge in [0.05, 0.1) is 0 Å². The quantitative estimate of drug-likeness (QED) is 0.852. The summed E-state index contributed by atoms with van der Waals surface area (Å²) in [7, 11) is 0. The van der Waals surface area contributed by atoms with Gasteiger partial charge in [0.25, 0.3) is 0 Å². The minimum Gasteiger partial charge on any atom is -0.368 e. The third-order valence-electron chi connectivity index (χ3n) is 3.71. The number of nitrogens with one attached hydrogen (secondary N) is 1. The Morgan fingerprint density at radius 3 is 2.55 bits per heavy atom. The molecular weight excluding hydrogens is 316 g/mol. The molecule has 1 aromatic heterocycles. The molecule has 1 aliphatic rings. The molecule has 5 heteroatoms. The molecule has 0 spiro atoms. The van der Waals surface area contributed by atoms with E-state index in [2.05, 4.69) is 63.8 Å². The van der Waals surface area contributed by atoms with Crippen molar-refractivity contribution in [1.29, 1.82) is 0 Å². The van der Waals surface area contributed by atoms with Crippen molar-refractivity contribution in [2.24, 2.45) is 0 Å². The fourth-order valence-corrected chi connectivity index (χ4v) is 2.79. The SMILES string of the molecule is CC(CNc1cc(Br)nc(C(C)(C)C)n1)N1CCCC1. The molecule has 0 bridgehead atoms. The molecule has 0 saturated carbocycles. The lowest BCUT2D eigenvalue weighted by Crippen LogP contribution is -2.35. The highest BCUT2D eigenvalue weighted by Crippen LogP contribution is 2.22. The highest BCUT2D eigenvalue weighted by Gasteiger charge is 2.20. The van der Waals surface area contributed by atoms with E-state index >= 15 is 0 Å². The maximum absolute atomic E-state index is 4.63. The Kier molecular flexibility index (Phi) is 5.02. The number of likely N-dealkylation sites (tertiary alicyclic amines) is 1. The minimum absolute atomic E-state index is 0.0409. The molecule has 2 rings (SSSR count). The first-order chi connectivity index (χ1) is 9.36. The molecule has 0 aromatic carbocycles. The summed E-state index contributed by atoms with van der Waals surface area (Å²) in [5.41, 5.74) is -0.0409. The molecule has 1 aromatic rings. The summed E-state index contributed by atoms with van der Waals surface area (Å²) in [6.07, 6.45) is 2.66. The molecule has 1 atom stereocenters. The fraction of sp³-hybridized carbons (Fsp3) is 0.733. The predicted octanol–water partition coefficient (Wildman–Crippen LogP) is 3.43. The summed E-state index contributed by atoms with van der Waals surface area (Å²) in [4.78, 5) is 11.6. The largest absolute Gasteiger partial charge is 0.368 e. The van der Waals surface area contributed by atoms with E-state index in [1.807, 2.05) is 6.07 Å². The van der Waals surface area contributed by atoms with Crippen molar-refractivity contribution in [1.82, 2.24) is 14.9 Å². The van der Waals surface area contributed by atoms with Crippen molar-refractivity contribution in [3.63, 3.8) is 0 Å². The Hall–Kier alpha value is -0.680. The van der Waals surface area contributed by atoms with Gasteiger partial charge in [0.15, 0.2) is 0 Å². The highest BCUT2D eigenvalue weighted by atomic mass is 79.9. The van der Waals surface area contributed by atoms with Crippen molar-refractivity contribution in [3.05, 3.63) is 16.5 Å². The summed E-state index contributed by atoms with van der Waals surface area (Å²) in [5, 5.41) is 3.45. The summed E-state index contributed by atoms with van der Waals surface area (Å²) in [6, 6.07) is 2.50. The number of anilines is 1. The minimum atomic E-state index is -0.0409. The highest BCUT2D eigenvalue weighted by molar-refractivity contribution is 9.10. The van der Waals surface area contributed by atoms with Gasteiger partial charge >= 0.3 is 0 Å². The fourth-order valence-electron chi connectivity index (χ4n) is 2.41. The molecule has 4 nitrogen and oxygen atoms in total. The molecule has 0 amide bonds. The standard InChI is InChI=1S/C15H25BrN4/c1-11(20-7-5-6-8-20)10-17-13-9-12(16)18-14(19-13)15(2,3)4/h9,11H,5-8,10H2,1-4H3,(H,17,18,19). The summed E-state index contributed by atoms with van der Waals surface area (Å²) in [6.45, 7) is 12.0. The lowest BCUT2D eigenvalue weighted by atomic mass is 9.96. The topological polar surface area (TPSA) is 41.1 Å². The molecule has 0 radical (unpaired) electrons. The van der Waals surface area contributed by atoms with Crippen molar-refractivity contribution >= 4 is 21.7 Å². The Labute approximate surface area is 130 Å². The first-order valence-corrected chi connectivity index (χ1v) is 8.18. The average Bonchev–Trinajstić information content (AvgIpc) is 2.88. The van der Waals surface area contributed by atoms with E-state index in [0.29, 0.717) is 6.04 Å². The van der Waals surface area contributed by atoms with Gasteiger partial charge in [-0.05, 0) is 48.8 Å². The van der Waals surface area contributed by atoms with Crippen LogP contribution in [-0.4, -0.2) is 40.5 Å². The monoisotopic (exact) mass is 340 g/mol. The van der Waals surface area contributed by atoms with Crippen molar-refractivity contribution in [3.8, 4) is 0 Å². The molecule has 1 N–H and O–H groups in total. The zero-order valence-corrected chi connectivity index (χ0v) is 14.5. The average molecular weight is 341 g/mol. The van der Waals surface area contributed by atoms with E-state index in [-0.39, 0.29) is 5.41 Å². The molecular formula is C15H25BrN4. The summed E-state index contributed by atoms with van der Waals surface area (Å²) < 4.78 is 0.841. The third kappa shape index (κ3) is 4.16. The molecule has 1 unspecified atom stereocenters. The number of hydrogen-bond donors (Lipinski definition) is 1. The summed E-state index contributed by atoms with van der Waals surface area (Å²) >= 11 is 3.48. The zero-order valence-electron chi connectivity index (χ0n) is 12.9. The van der Waals surface area contributed by atoms with Crippen LogP contribution in [0.25, 0.3) is 0 Å².